The minimum absolute atomic E-state index is 0.0163. The summed E-state index contributed by atoms with van der Waals surface area (Å²) in [5.74, 6) is 1.53. The molecule has 0 N–H and O–H groups in total. The summed E-state index contributed by atoms with van der Waals surface area (Å²) in [6.45, 7) is 3.33. The van der Waals surface area contributed by atoms with Gasteiger partial charge < -0.3 is 18.9 Å². The van der Waals surface area contributed by atoms with Crippen molar-refractivity contribution in [3.05, 3.63) is 77.5 Å². The van der Waals surface area contributed by atoms with Crippen LogP contribution in [-0.2, 0) is 6.42 Å². The van der Waals surface area contributed by atoms with E-state index in [1.54, 1.807) is 20.3 Å². The first-order valence-electron chi connectivity index (χ1n) is 13.4. The smallest absolute Gasteiger partial charge is 0.274 e. The highest BCUT2D eigenvalue weighted by Gasteiger charge is 2.30. The van der Waals surface area contributed by atoms with E-state index in [2.05, 4.69) is 18.2 Å². The van der Waals surface area contributed by atoms with Gasteiger partial charge in [0, 0.05) is 36.8 Å². The van der Waals surface area contributed by atoms with Crippen LogP contribution >= 0.6 is 0 Å². The van der Waals surface area contributed by atoms with Crippen molar-refractivity contribution in [3.8, 4) is 11.5 Å². The van der Waals surface area contributed by atoms with Gasteiger partial charge in [-0.25, -0.2) is 4.68 Å². The molecule has 204 valence electrons. The molecule has 9 heteroatoms. The predicted molar refractivity (Wildman–Crippen MR) is 146 cm³/mol. The molecule has 3 aromatic rings. The van der Waals surface area contributed by atoms with E-state index >= 15 is 0 Å². The third kappa shape index (κ3) is 5.67. The van der Waals surface area contributed by atoms with Crippen molar-refractivity contribution in [2.24, 2.45) is 11.8 Å². The summed E-state index contributed by atoms with van der Waals surface area (Å²) in [6.07, 6.45) is 11.3. The molecule has 2 aliphatic heterocycles. The van der Waals surface area contributed by atoms with Gasteiger partial charge in [0.15, 0.2) is 23.0 Å². The van der Waals surface area contributed by atoms with E-state index in [1.807, 2.05) is 46.0 Å². The van der Waals surface area contributed by atoms with Crippen LogP contribution in [0.15, 0.2) is 59.3 Å². The van der Waals surface area contributed by atoms with Crippen molar-refractivity contribution in [2.45, 2.75) is 39.0 Å². The minimum atomic E-state index is -0.0794. The normalized spacial score (nSPS) is 21.5. The number of methoxy groups -OCH3 is 2. The molecular formula is C30H34N4O5. The van der Waals surface area contributed by atoms with Gasteiger partial charge in [0.05, 0.1) is 19.9 Å². The number of carbonyl (C=O) groups excluding carboxylic acids is 2. The lowest BCUT2D eigenvalue weighted by Gasteiger charge is -2.25. The predicted octanol–water partition coefficient (Wildman–Crippen LogP) is 5.04. The maximum atomic E-state index is 13.7. The van der Waals surface area contributed by atoms with Crippen molar-refractivity contribution < 1.29 is 23.6 Å². The molecule has 1 amide bonds. The average Bonchev–Trinajstić information content (AvgIpc) is 3.58. The van der Waals surface area contributed by atoms with Gasteiger partial charge in [-0.3, -0.25) is 9.59 Å². The summed E-state index contributed by atoms with van der Waals surface area (Å²) in [7, 11) is 3.22. The number of amides is 1. The molecular weight excluding hydrogens is 496 g/mol. The molecule has 9 nitrogen and oxygen atoms in total. The van der Waals surface area contributed by atoms with Crippen molar-refractivity contribution in [1.82, 2.24) is 19.8 Å². The second-order valence-electron chi connectivity index (χ2n) is 10.2. The number of benzene rings is 1. The number of Topliss-reactive ketones (excluding diaryl/α,β-unsaturated/α-hetero) is 1. The van der Waals surface area contributed by atoms with Crippen molar-refractivity contribution in [3.63, 3.8) is 0 Å². The molecule has 39 heavy (non-hydrogen) atoms. The third-order valence-electron chi connectivity index (χ3n) is 7.64. The summed E-state index contributed by atoms with van der Waals surface area (Å²) in [5.41, 5.74) is 3.54. The van der Waals surface area contributed by atoms with E-state index in [-0.39, 0.29) is 23.5 Å². The van der Waals surface area contributed by atoms with E-state index in [0.29, 0.717) is 42.4 Å². The standard InChI is InChI=1S/C30H34N4O5/c1-20-19-33(14-7-8-21(20)16-27(35)24-13-15-39-32-24)30(36)25-18-23-9-5-4-6-10-26(34(23)31-25)22-11-12-28(37-2)29(17-22)38-3/h4,6,10-13,15,17-18,20-21H,5,7-9,14,16,19H2,1-3H3/b6-4-,26-10-/t20-,21?/m0/s1. The molecule has 4 heterocycles. The van der Waals surface area contributed by atoms with Gasteiger partial charge in [0.1, 0.15) is 12.0 Å². The first kappa shape index (κ1) is 26.5. The number of hydrogen-bond donors (Lipinski definition) is 0. The minimum Gasteiger partial charge on any atom is -0.493 e. The Morgan fingerprint density at radius 1 is 1.10 bits per heavy atom. The number of fused-ring (bicyclic) bond motifs is 1. The Morgan fingerprint density at radius 2 is 1.95 bits per heavy atom. The third-order valence-corrected chi connectivity index (χ3v) is 7.64. The number of rotatable bonds is 7. The summed E-state index contributed by atoms with van der Waals surface area (Å²) in [4.78, 5) is 28.2. The highest BCUT2D eigenvalue weighted by Crippen LogP contribution is 2.33. The molecule has 2 aromatic heterocycles. The van der Waals surface area contributed by atoms with Gasteiger partial charge >= 0.3 is 0 Å². The second-order valence-corrected chi connectivity index (χ2v) is 10.2. The molecule has 0 bridgehead atoms. The topological polar surface area (TPSA) is 99.7 Å². The Hall–Kier alpha value is -4.14. The van der Waals surface area contributed by atoms with Crippen LogP contribution in [0.3, 0.4) is 0 Å². The molecule has 1 unspecified atom stereocenters. The van der Waals surface area contributed by atoms with Crippen molar-refractivity contribution in [1.29, 1.82) is 0 Å². The molecule has 2 atom stereocenters. The number of aryl methyl sites for hydroxylation is 1. The van der Waals surface area contributed by atoms with Gasteiger partial charge in [-0.15, -0.1) is 0 Å². The largest absolute Gasteiger partial charge is 0.493 e. The molecule has 1 fully saturated rings. The van der Waals surface area contributed by atoms with Gasteiger partial charge in [0.25, 0.3) is 5.91 Å². The fourth-order valence-electron chi connectivity index (χ4n) is 5.45. The van der Waals surface area contributed by atoms with Crippen LogP contribution in [-0.4, -0.2) is 58.8 Å². The first-order chi connectivity index (χ1) is 19.0. The monoisotopic (exact) mass is 530 g/mol. The fourth-order valence-corrected chi connectivity index (χ4v) is 5.45. The van der Waals surface area contributed by atoms with E-state index in [0.717, 1.165) is 42.6 Å². The maximum absolute atomic E-state index is 13.7. The van der Waals surface area contributed by atoms with Crippen molar-refractivity contribution >= 4 is 17.4 Å². The van der Waals surface area contributed by atoms with Crippen molar-refractivity contribution in [2.75, 3.05) is 27.3 Å². The van der Waals surface area contributed by atoms with Crippen LogP contribution < -0.4 is 9.47 Å². The van der Waals surface area contributed by atoms with Crippen LogP contribution in [0.1, 0.15) is 64.8 Å². The summed E-state index contributed by atoms with van der Waals surface area (Å²) < 4.78 is 17.6. The quantitative estimate of drug-likeness (QED) is 0.395. The molecule has 1 aromatic carbocycles. The van der Waals surface area contributed by atoms with Gasteiger partial charge in [0.2, 0.25) is 0 Å². The summed E-state index contributed by atoms with van der Waals surface area (Å²) in [5, 5.41) is 8.60. The number of ketones is 1. The van der Waals surface area contributed by atoms with Gasteiger partial charge in [-0.05, 0) is 67.9 Å². The number of aromatic nitrogens is 3. The van der Waals surface area contributed by atoms with Crippen LogP contribution in [0.2, 0.25) is 0 Å². The maximum Gasteiger partial charge on any atom is 0.274 e. The Bertz CT molecular complexity index is 1390. The number of hydrogen-bond acceptors (Lipinski definition) is 7. The zero-order valence-corrected chi connectivity index (χ0v) is 22.6. The summed E-state index contributed by atoms with van der Waals surface area (Å²) >= 11 is 0. The van der Waals surface area contributed by atoms with Crippen LogP contribution in [0.4, 0.5) is 0 Å². The van der Waals surface area contributed by atoms with E-state index in [1.165, 1.54) is 6.26 Å². The Morgan fingerprint density at radius 3 is 2.72 bits per heavy atom. The van der Waals surface area contributed by atoms with Gasteiger partial charge in [-0.1, -0.05) is 24.2 Å². The number of nitrogens with zero attached hydrogens (tertiary/aromatic N) is 4. The molecule has 0 spiro atoms. The number of allylic oxidation sites excluding steroid dienone is 3. The lowest BCUT2D eigenvalue weighted by Crippen LogP contribution is -2.35. The van der Waals surface area contributed by atoms with E-state index < -0.39 is 0 Å². The SMILES string of the molecule is COc1ccc(/C2=C/C=C\CCc3cc(C(=O)N4CCCC(CC(=O)c5ccon5)[C@@H](C)C4)nn32)cc1OC. The number of likely N-dealkylation sites (tertiary alicyclic amines) is 1. The van der Waals surface area contributed by atoms with Crippen LogP contribution in [0.5, 0.6) is 11.5 Å². The van der Waals surface area contributed by atoms with Crippen LogP contribution in [0, 0.1) is 11.8 Å². The van der Waals surface area contributed by atoms with Gasteiger partial charge in [-0.2, -0.15) is 5.10 Å². The molecule has 1 saturated heterocycles. The Balaban J connectivity index is 1.36. The zero-order chi connectivity index (χ0) is 27.4. The molecule has 0 radical (unpaired) electrons. The second kappa shape index (κ2) is 11.7. The van der Waals surface area contributed by atoms with Crippen LogP contribution in [0.25, 0.3) is 5.70 Å². The average molecular weight is 531 g/mol. The highest BCUT2D eigenvalue weighted by atomic mass is 16.5. The Labute approximate surface area is 228 Å². The molecule has 0 saturated carbocycles. The van der Waals surface area contributed by atoms with E-state index in [4.69, 9.17) is 19.1 Å². The highest BCUT2D eigenvalue weighted by molar-refractivity contribution is 5.94. The van der Waals surface area contributed by atoms with E-state index in [9.17, 15) is 9.59 Å². The summed E-state index contributed by atoms with van der Waals surface area (Å²) in [6, 6.07) is 9.27. The lowest BCUT2D eigenvalue weighted by molar-refractivity contribution is 0.0730. The fraction of sp³-hybridized carbons (Fsp3) is 0.400. The molecule has 2 aliphatic rings. The Kier molecular flexibility index (Phi) is 7.95. The first-order valence-corrected chi connectivity index (χ1v) is 13.4. The number of ether oxygens (including phenoxy) is 2. The number of carbonyl (C=O) groups is 2. The lowest BCUT2D eigenvalue weighted by atomic mass is 9.86. The molecule has 0 aliphatic carbocycles. The zero-order valence-electron chi connectivity index (χ0n) is 22.6. The molecule has 5 rings (SSSR count).